The van der Waals surface area contributed by atoms with Gasteiger partial charge in [-0.1, -0.05) is 26.0 Å². The number of aromatic nitrogens is 2. The standard InChI is InChI=1S/C16H18N2O2S/c1-10(2)8-17-11(3)15-13(19)9-21-14-7-5-4-6-12(14)18(15)16(17)20/h4-7,10H,8-9H2,1-3H3. The van der Waals surface area contributed by atoms with Gasteiger partial charge in [0.25, 0.3) is 0 Å². The predicted molar refractivity (Wildman–Crippen MR) is 84.7 cm³/mol. The van der Waals surface area contributed by atoms with Gasteiger partial charge >= 0.3 is 5.69 Å². The Kier molecular flexibility index (Phi) is 3.53. The Bertz CT molecular complexity index is 771. The quantitative estimate of drug-likeness (QED) is 0.857. The molecule has 0 aliphatic carbocycles. The van der Waals surface area contributed by atoms with Crippen LogP contribution in [0, 0.1) is 12.8 Å². The molecule has 0 fully saturated rings. The van der Waals surface area contributed by atoms with Gasteiger partial charge in [-0.25, -0.2) is 4.79 Å². The third kappa shape index (κ3) is 2.25. The normalized spacial score (nSPS) is 14.0. The Morgan fingerprint density at radius 3 is 2.67 bits per heavy atom. The molecule has 3 rings (SSSR count). The highest BCUT2D eigenvalue weighted by Crippen LogP contribution is 2.31. The van der Waals surface area contributed by atoms with Gasteiger partial charge in [-0.05, 0) is 25.0 Å². The molecule has 0 spiro atoms. The first-order chi connectivity index (χ1) is 10.0. The van der Waals surface area contributed by atoms with Crippen LogP contribution in [-0.4, -0.2) is 20.7 Å². The summed E-state index contributed by atoms with van der Waals surface area (Å²) in [6.45, 7) is 6.64. The van der Waals surface area contributed by atoms with Crippen molar-refractivity contribution in [1.29, 1.82) is 0 Å². The lowest BCUT2D eigenvalue weighted by molar-refractivity contribution is 0.101. The van der Waals surface area contributed by atoms with Crippen molar-refractivity contribution in [2.75, 3.05) is 5.75 Å². The van der Waals surface area contributed by atoms with Crippen molar-refractivity contribution in [3.8, 4) is 5.69 Å². The van der Waals surface area contributed by atoms with Crippen LogP contribution < -0.4 is 5.69 Å². The first-order valence-corrected chi connectivity index (χ1v) is 8.06. The second-order valence-electron chi connectivity index (χ2n) is 5.74. The van der Waals surface area contributed by atoms with E-state index in [1.807, 2.05) is 31.2 Å². The molecule has 2 aromatic rings. The third-order valence-corrected chi connectivity index (χ3v) is 4.73. The Morgan fingerprint density at radius 2 is 1.95 bits per heavy atom. The Labute approximate surface area is 127 Å². The molecule has 0 amide bonds. The topological polar surface area (TPSA) is 44.0 Å². The van der Waals surface area contributed by atoms with Gasteiger partial charge in [-0.2, -0.15) is 0 Å². The van der Waals surface area contributed by atoms with Crippen LogP contribution in [0.1, 0.15) is 30.0 Å². The number of rotatable bonds is 2. The molecule has 0 saturated heterocycles. The molecule has 4 nitrogen and oxygen atoms in total. The molecule has 0 bridgehead atoms. The van der Waals surface area contributed by atoms with E-state index in [9.17, 15) is 9.59 Å². The van der Waals surface area contributed by atoms with Gasteiger partial charge in [0.15, 0.2) is 5.78 Å². The maximum Gasteiger partial charge on any atom is 0.333 e. The van der Waals surface area contributed by atoms with Crippen LogP contribution in [-0.2, 0) is 6.54 Å². The molecule has 0 unspecified atom stereocenters. The number of thioether (sulfide) groups is 1. The lowest BCUT2D eigenvalue weighted by Crippen LogP contribution is -2.26. The second kappa shape index (κ2) is 5.22. The van der Waals surface area contributed by atoms with Gasteiger partial charge in [0.1, 0.15) is 5.69 Å². The monoisotopic (exact) mass is 302 g/mol. The van der Waals surface area contributed by atoms with E-state index >= 15 is 0 Å². The number of hydrogen-bond donors (Lipinski definition) is 0. The molecule has 0 N–H and O–H groups in total. The second-order valence-corrected chi connectivity index (χ2v) is 6.75. The first kappa shape index (κ1) is 14.2. The SMILES string of the molecule is Cc1c2n(c(=O)n1CC(C)C)-c1ccccc1SCC2=O. The molecule has 1 aliphatic rings. The third-order valence-electron chi connectivity index (χ3n) is 3.67. The molecule has 0 atom stereocenters. The summed E-state index contributed by atoms with van der Waals surface area (Å²) in [5, 5.41) is 0. The molecule has 1 aromatic carbocycles. The average Bonchev–Trinajstić information content (AvgIpc) is 2.60. The van der Waals surface area contributed by atoms with E-state index in [2.05, 4.69) is 13.8 Å². The van der Waals surface area contributed by atoms with Gasteiger partial charge < -0.3 is 0 Å². The van der Waals surface area contributed by atoms with E-state index in [1.165, 1.54) is 11.8 Å². The summed E-state index contributed by atoms with van der Waals surface area (Å²) in [6, 6.07) is 7.71. The van der Waals surface area contributed by atoms with Crippen LogP contribution in [0.25, 0.3) is 5.69 Å². The molecule has 2 heterocycles. The number of ketones is 1. The Morgan fingerprint density at radius 1 is 1.24 bits per heavy atom. The molecule has 110 valence electrons. The lowest BCUT2D eigenvalue weighted by atomic mass is 10.2. The maximum atomic E-state index is 12.8. The van der Waals surface area contributed by atoms with E-state index in [0.29, 0.717) is 23.9 Å². The minimum Gasteiger partial charge on any atom is -0.295 e. The van der Waals surface area contributed by atoms with Crippen molar-refractivity contribution in [1.82, 2.24) is 9.13 Å². The highest BCUT2D eigenvalue weighted by molar-refractivity contribution is 8.00. The van der Waals surface area contributed by atoms with Crippen LogP contribution in [0.2, 0.25) is 0 Å². The van der Waals surface area contributed by atoms with Crippen molar-refractivity contribution in [2.24, 2.45) is 5.92 Å². The van der Waals surface area contributed by atoms with E-state index in [1.54, 1.807) is 9.13 Å². The van der Waals surface area contributed by atoms with Crippen LogP contribution in [0.5, 0.6) is 0 Å². The van der Waals surface area contributed by atoms with Gasteiger partial charge in [0.05, 0.1) is 11.4 Å². The molecular formula is C16H18N2O2S. The first-order valence-electron chi connectivity index (χ1n) is 7.08. The van der Waals surface area contributed by atoms with E-state index < -0.39 is 0 Å². The summed E-state index contributed by atoms with van der Waals surface area (Å²) in [5.41, 5.74) is 2.02. The number of imidazole rings is 1. The summed E-state index contributed by atoms with van der Waals surface area (Å²) >= 11 is 1.50. The Balaban J connectivity index is 2.33. The van der Waals surface area contributed by atoms with Crippen LogP contribution in [0.15, 0.2) is 34.0 Å². The van der Waals surface area contributed by atoms with Crippen molar-refractivity contribution in [2.45, 2.75) is 32.2 Å². The fraction of sp³-hybridized carbons (Fsp3) is 0.375. The highest BCUT2D eigenvalue weighted by atomic mass is 32.2. The van der Waals surface area contributed by atoms with Crippen LogP contribution >= 0.6 is 11.8 Å². The van der Waals surface area contributed by atoms with Gasteiger partial charge in [0.2, 0.25) is 0 Å². The van der Waals surface area contributed by atoms with Crippen LogP contribution in [0.3, 0.4) is 0 Å². The lowest BCUT2D eigenvalue weighted by Gasteiger charge is -2.08. The molecular weight excluding hydrogens is 284 g/mol. The number of carbonyl (C=O) groups excluding carboxylic acids is 1. The molecule has 1 aromatic heterocycles. The van der Waals surface area contributed by atoms with E-state index in [4.69, 9.17) is 0 Å². The molecule has 0 saturated carbocycles. The number of para-hydroxylation sites is 1. The van der Waals surface area contributed by atoms with Crippen molar-refractivity contribution in [3.63, 3.8) is 0 Å². The number of benzene rings is 1. The largest absolute Gasteiger partial charge is 0.333 e. The van der Waals surface area contributed by atoms with E-state index in [0.717, 1.165) is 16.3 Å². The number of carbonyl (C=O) groups is 1. The summed E-state index contributed by atoms with van der Waals surface area (Å²) < 4.78 is 3.32. The average molecular weight is 302 g/mol. The highest BCUT2D eigenvalue weighted by Gasteiger charge is 2.27. The fourth-order valence-corrected chi connectivity index (χ4v) is 3.66. The van der Waals surface area contributed by atoms with E-state index in [-0.39, 0.29) is 11.5 Å². The zero-order valence-corrected chi connectivity index (χ0v) is 13.2. The van der Waals surface area contributed by atoms with Crippen molar-refractivity contribution in [3.05, 3.63) is 46.1 Å². The predicted octanol–water partition coefficient (Wildman–Crippen LogP) is 2.89. The fourth-order valence-electron chi connectivity index (χ4n) is 2.76. The van der Waals surface area contributed by atoms with Crippen molar-refractivity contribution < 1.29 is 4.79 Å². The summed E-state index contributed by atoms with van der Waals surface area (Å²) in [5.74, 6) is 0.754. The summed E-state index contributed by atoms with van der Waals surface area (Å²) in [6.07, 6.45) is 0. The van der Waals surface area contributed by atoms with Crippen LogP contribution in [0.4, 0.5) is 0 Å². The molecule has 5 heteroatoms. The number of Topliss-reactive ketones (excluding diaryl/α,β-unsaturated/α-hetero) is 1. The summed E-state index contributed by atoms with van der Waals surface area (Å²) in [4.78, 5) is 26.2. The van der Waals surface area contributed by atoms with Gasteiger partial charge in [-0.15, -0.1) is 11.8 Å². The minimum absolute atomic E-state index is 0.0216. The molecule has 21 heavy (non-hydrogen) atoms. The van der Waals surface area contributed by atoms with Gasteiger partial charge in [0, 0.05) is 17.1 Å². The Hall–Kier alpha value is -1.75. The van der Waals surface area contributed by atoms with Gasteiger partial charge in [-0.3, -0.25) is 13.9 Å². The maximum absolute atomic E-state index is 12.8. The smallest absolute Gasteiger partial charge is 0.295 e. The number of fused-ring (bicyclic) bond motifs is 3. The molecule has 1 aliphatic heterocycles. The minimum atomic E-state index is -0.112. The van der Waals surface area contributed by atoms with Crippen molar-refractivity contribution >= 4 is 17.5 Å². The zero-order chi connectivity index (χ0) is 15.1. The number of hydrogen-bond acceptors (Lipinski definition) is 3. The number of nitrogens with zero attached hydrogens (tertiary/aromatic N) is 2. The summed E-state index contributed by atoms with van der Waals surface area (Å²) in [7, 11) is 0. The zero-order valence-electron chi connectivity index (χ0n) is 12.4. The molecule has 0 radical (unpaired) electrons.